The first-order valence-corrected chi connectivity index (χ1v) is 8.80. The number of aliphatic hydroxyl groups is 4. The molecule has 1 aliphatic heterocycles. The van der Waals surface area contributed by atoms with Crippen LogP contribution in [0, 0.1) is 0 Å². The first-order valence-electron chi connectivity index (χ1n) is 8.80. The second-order valence-electron chi connectivity index (χ2n) is 6.66. The van der Waals surface area contributed by atoms with Crippen LogP contribution in [0.5, 0.6) is 23.0 Å². The molecule has 0 bridgehead atoms. The zero-order valence-corrected chi connectivity index (χ0v) is 15.2. The largest absolute Gasteiger partial charge is 0.508 e. The van der Waals surface area contributed by atoms with Crippen molar-refractivity contribution in [3.63, 3.8) is 0 Å². The van der Waals surface area contributed by atoms with E-state index in [2.05, 4.69) is 0 Å². The summed E-state index contributed by atoms with van der Waals surface area (Å²) in [6.07, 6.45) is -3.90. The summed E-state index contributed by atoms with van der Waals surface area (Å²) in [6, 6.07) is 8.52. The molecule has 9 nitrogen and oxygen atoms in total. The molecule has 1 fully saturated rings. The lowest BCUT2D eigenvalue weighted by Crippen LogP contribution is -2.60. The Balaban J connectivity index is 1.78. The minimum atomic E-state index is -1.58. The quantitative estimate of drug-likeness (QED) is 0.271. The maximum atomic E-state index is 10.1. The topological polar surface area (TPSA) is 160 Å². The number of phenolic OH excluding ortho intramolecular Hbond substituents is 3. The molecule has 1 aliphatic rings. The Kier molecular flexibility index (Phi) is 6.26. The summed E-state index contributed by atoms with van der Waals surface area (Å²) in [5.41, 5.74) is 1.11. The van der Waals surface area contributed by atoms with Crippen molar-refractivity contribution in [1.82, 2.24) is 0 Å². The number of aromatic hydroxyl groups is 3. The molecule has 7 N–H and O–H groups in total. The second kappa shape index (κ2) is 8.68. The number of hydrogen-bond donors (Lipinski definition) is 7. The van der Waals surface area contributed by atoms with Crippen molar-refractivity contribution >= 4 is 12.2 Å². The van der Waals surface area contributed by atoms with E-state index in [1.165, 1.54) is 30.3 Å². The maximum absolute atomic E-state index is 10.1. The van der Waals surface area contributed by atoms with E-state index in [-0.39, 0.29) is 23.0 Å². The van der Waals surface area contributed by atoms with E-state index in [1.807, 2.05) is 0 Å². The molecule has 0 aromatic heterocycles. The van der Waals surface area contributed by atoms with Gasteiger partial charge in [-0.3, -0.25) is 0 Å². The van der Waals surface area contributed by atoms with Gasteiger partial charge in [0.2, 0.25) is 6.29 Å². The zero-order chi connectivity index (χ0) is 21.1. The number of aliphatic hydroxyl groups excluding tert-OH is 4. The molecule has 2 aromatic rings. The molecule has 1 heterocycles. The molecule has 0 amide bonds. The number of rotatable bonds is 5. The van der Waals surface area contributed by atoms with E-state index < -0.39 is 37.3 Å². The number of ether oxygens (including phenoxy) is 2. The van der Waals surface area contributed by atoms with E-state index in [0.29, 0.717) is 11.1 Å². The second-order valence-corrected chi connectivity index (χ2v) is 6.66. The highest BCUT2D eigenvalue weighted by molar-refractivity contribution is 5.72. The Morgan fingerprint density at radius 1 is 0.828 bits per heavy atom. The molecule has 9 heteroatoms. The molecule has 156 valence electrons. The van der Waals surface area contributed by atoms with Gasteiger partial charge in [0.15, 0.2) is 11.5 Å². The summed E-state index contributed by atoms with van der Waals surface area (Å²) in [5, 5.41) is 67.8. The third kappa shape index (κ3) is 4.78. The van der Waals surface area contributed by atoms with E-state index in [4.69, 9.17) is 9.47 Å². The summed E-state index contributed by atoms with van der Waals surface area (Å²) in [4.78, 5) is 0. The molecule has 1 saturated heterocycles. The van der Waals surface area contributed by atoms with Gasteiger partial charge in [0.1, 0.15) is 35.9 Å². The van der Waals surface area contributed by atoms with Crippen molar-refractivity contribution in [3.8, 4) is 23.0 Å². The predicted octanol–water partition coefficient (Wildman–Crippen LogP) is 0.152. The van der Waals surface area contributed by atoms with Crippen molar-refractivity contribution in [1.29, 1.82) is 0 Å². The normalized spacial score (nSPS) is 27.2. The van der Waals surface area contributed by atoms with E-state index in [0.717, 1.165) is 0 Å². The van der Waals surface area contributed by atoms with Crippen LogP contribution in [0.2, 0.25) is 0 Å². The molecule has 0 unspecified atom stereocenters. The van der Waals surface area contributed by atoms with Crippen molar-refractivity contribution in [3.05, 3.63) is 47.5 Å². The fourth-order valence-electron chi connectivity index (χ4n) is 2.91. The van der Waals surface area contributed by atoms with Gasteiger partial charge < -0.3 is 45.2 Å². The summed E-state index contributed by atoms with van der Waals surface area (Å²) >= 11 is 0. The Bertz CT molecular complexity index is 880. The van der Waals surface area contributed by atoms with Gasteiger partial charge in [-0.25, -0.2) is 0 Å². The molecule has 29 heavy (non-hydrogen) atoms. The first-order chi connectivity index (χ1) is 13.8. The SMILES string of the molecule is OC[C@@H]1O[C@H](Oc2cc(O)cc(C=Cc3ccc(O)c(O)c3)c2)[C@H](O)[C@@H](O)[C@@H]1O. The van der Waals surface area contributed by atoms with Gasteiger partial charge in [-0.1, -0.05) is 18.2 Å². The maximum Gasteiger partial charge on any atom is 0.229 e. The molecule has 0 spiro atoms. The molecule has 5 atom stereocenters. The van der Waals surface area contributed by atoms with Crippen molar-refractivity contribution < 1.29 is 45.2 Å². The van der Waals surface area contributed by atoms with Gasteiger partial charge in [-0.05, 0) is 35.4 Å². The number of hydrogen-bond acceptors (Lipinski definition) is 9. The Labute approximate surface area is 165 Å². The molecule has 0 aliphatic carbocycles. The van der Waals surface area contributed by atoms with Crippen molar-refractivity contribution in [2.45, 2.75) is 30.7 Å². The van der Waals surface area contributed by atoms with Crippen molar-refractivity contribution in [2.24, 2.45) is 0 Å². The summed E-state index contributed by atoms with van der Waals surface area (Å²) in [6.45, 7) is -0.585. The Hall–Kier alpha value is -2.82. The average Bonchev–Trinajstić information content (AvgIpc) is 2.69. The molecule has 0 radical (unpaired) electrons. The molecule has 2 aromatic carbocycles. The minimum Gasteiger partial charge on any atom is -0.508 e. The van der Waals surface area contributed by atoms with Gasteiger partial charge in [0.25, 0.3) is 0 Å². The van der Waals surface area contributed by atoms with Crippen LogP contribution < -0.4 is 4.74 Å². The highest BCUT2D eigenvalue weighted by Crippen LogP contribution is 2.29. The smallest absolute Gasteiger partial charge is 0.229 e. The Morgan fingerprint density at radius 2 is 1.55 bits per heavy atom. The highest BCUT2D eigenvalue weighted by Gasteiger charge is 2.44. The highest BCUT2D eigenvalue weighted by atomic mass is 16.7. The van der Waals surface area contributed by atoms with Gasteiger partial charge in [0.05, 0.1) is 6.61 Å². The molecule has 0 saturated carbocycles. The summed E-state index contributed by atoms with van der Waals surface area (Å²) < 4.78 is 10.8. The van der Waals surface area contributed by atoms with Gasteiger partial charge >= 0.3 is 0 Å². The van der Waals surface area contributed by atoms with Crippen LogP contribution in [0.15, 0.2) is 36.4 Å². The van der Waals surface area contributed by atoms with Crippen molar-refractivity contribution in [2.75, 3.05) is 6.61 Å². The van der Waals surface area contributed by atoms with Gasteiger partial charge in [-0.2, -0.15) is 0 Å². The zero-order valence-electron chi connectivity index (χ0n) is 15.2. The molecular weight excluding hydrogens is 384 g/mol. The fraction of sp³-hybridized carbons (Fsp3) is 0.300. The third-order valence-corrected chi connectivity index (χ3v) is 4.48. The van der Waals surface area contributed by atoms with Crippen LogP contribution in [0.3, 0.4) is 0 Å². The average molecular weight is 406 g/mol. The molecule has 3 rings (SSSR count). The van der Waals surface area contributed by atoms with Crippen LogP contribution >= 0.6 is 0 Å². The summed E-state index contributed by atoms with van der Waals surface area (Å²) in [7, 11) is 0. The van der Waals surface area contributed by atoms with E-state index in [9.17, 15) is 35.7 Å². The monoisotopic (exact) mass is 406 g/mol. The Morgan fingerprint density at radius 3 is 2.24 bits per heavy atom. The van der Waals surface area contributed by atoms with E-state index >= 15 is 0 Å². The first kappa shape index (κ1) is 20.9. The number of benzene rings is 2. The van der Waals surface area contributed by atoms with Crippen LogP contribution in [0.1, 0.15) is 11.1 Å². The van der Waals surface area contributed by atoms with Crippen LogP contribution in [-0.2, 0) is 4.74 Å². The third-order valence-electron chi connectivity index (χ3n) is 4.48. The standard InChI is InChI=1S/C20H22O9/c21-9-16-17(25)18(26)19(27)20(29-16)28-13-6-11(5-12(22)8-13)2-1-10-3-4-14(23)15(24)7-10/h1-8,16-27H,9H2/t16-,17+,18-,19+,20-/m0/s1. The minimum absolute atomic E-state index is 0.113. The van der Waals surface area contributed by atoms with Gasteiger partial charge in [-0.15, -0.1) is 0 Å². The lowest BCUT2D eigenvalue weighted by molar-refractivity contribution is -0.277. The van der Waals surface area contributed by atoms with Crippen LogP contribution in [-0.4, -0.2) is 73.1 Å². The fourth-order valence-corrected chi connectivity index (χ4v) is 2.91. The van der Waals surface area contributed by atoms with E-state index in [1.54, 1.807) is 18.2 Å². The lowest BCUT2D eigenvalue weighted by atomic mass is 9.99. The van der Waals surface area contributed by atoms with Gasteiger partial charge in [0, 0.05) is 6.07 Å². The lowest BCUT2D eigenvalue weighted by Gasteiger charge is -2.39. The summed E-state index contributed by atoms with van der Waals surface area (Å²) in [5.74, 6) is -0.535. The van der Waals surface area contributed by atoms with Crippen LogP contribution in [0.25, 0.3) is 12.2 Å². The number of phenols is 3. The predicted molar refractivity (Wildman–Crippen MR) is 101 cm³/mol. The molecular formula is C20H22O9. The van der Waals surface area contributed by atoms with Crippen LogP contribution in [0.4, 0.5) is 0 Å².